The lowest BCUT2D eigenvalue weighted by Crippen LogP contribution is -2.23. The van der Waals surface area contributed by atoms with Crippen LogP contribution < -0.4 is 5.32 Å². The molecule has 1 N–H and O–H groups in total. The summed E-state index contributed by atoms with van der Waals surface area (Å²) < 4.78 is 0. The fourth-order valence-electron chi connectivity index (χ4n) is 1.29. The fraction of sp³-hybridized carbons (Fsp3) is 0.667. The van der Waals surface area contributed by atoms with Gasteiger partial charge in [0.05, 0.1) is 5.69 Å². The molecule has 0 aliphatic carbocycles. The maximum absolute atomic E-state index is 4.39. The van der Waals surface area contributed by atoms with Gasteiger partial charge in [0.2, 0.25) is 0 Å². The maximum Gasteiger partial charge on any atom is 0.182 e. The second-order valence-corrected chi connectivity index (χ2v) is 6.66. The van der Waals surface area contributed by atoms with Crippen LogP contribution in [0.1, 0.15) is 5.69 Å². The van der Waals surface area contributed by atoms with Crippen LogP contribution >= 0.6 is 34.9 Å². The van der Waals surface area contributed by atoms with Gasteiger partial charge in [-0.1, -0.05) is 0 Å². The van der Waals surface area contributed by atoms with Crippen LogP contribution in [-0.2, 0) is 0 Å². The van der Waals surface area contributed by atoms with E-state index >= 15 is 0 Å². The molecule has 1 aliphatic heterocycles. The van der Waals surface area contributed by atoms with Crippen LogP contribution in [0.3, 0.4) is 0 Å². The van der Waals surface area contributed by atoms with Crippen LogP contribution in [0.2, 0.25) is 0 Å². The van der Waals surface area contributed by atoms with Crippen molar-refractivity contribution in [3.05, 3.63) is 11.1 Å². The van der Waals surface area contributed by atoms with Gasteiger partial charge >= 0.3 is 0 Å². The molecule has 1 unspecified atom stereocenters. The molecule has 78 valence electrons. The zero-order valence-electron chi connectivity index (χ0n) is 8.16. The van der Waals surface area contributed by atoms with E-state index in [9.17, 15) is 0 Å². The molecule has 0 saturated carbocycles. The third-order valence-electron chi connectivity index (χ3n) is 1.98. The minimum absolute atomic E-state index is 0.762. The van der Waals surface area contributed by atoms with Crippen molar-refractivity contribution in [2.24, 2.45) is 0 Å². The van der Waals surface area contributed by atoms with Crippen LogP contribution in [0.5, 0.6) is 0 Å². The van der Waals surface area contributed by atoms with Gasteiger partial charge < -0.3 is 5.32 Å². The van der Waals surface area contributed by atoms with Crippen LogP contribution in [0, 0.1) is 6.92 Å². The lowest BCUT2D eigenvalue weighted by atomic mass is 10.5. The normalized spacial score (nSPS) is 22.2. The molecule has 0 amide bonds. The Bertz CT molecular complexity index is 281. The van der Waals surface area contributed by atoms with Gasteiger partial charge in [-0.05, 0) is 6.92 Å². The van der Waals surface area contributed by atoms with Gasteiger partial charge in [-0.15, -0.1) is 11.3 Å². The summed E-state index contributed by atoms with van der Waals surface area (Å²) >= 11 is 5.85. The molecule has 1 fully saturated rings. The second kappa shape index (κ2) is 5.28. The summed E-state index contributed by atoms with van der Waals surface area (Å²) in [5.41, 5.74) is 1.11. The molecule has 0 bridgehead atoms. The Morgan fingerprint density at radius 3 is 3.14 bits per heavy atom. The van der Waals surface area contributed by atoms with Gasteiger partial charge in [-0.25, -0.2) is 4.98 Å². The number of hydrogen-bond donors (Lipinski definition) is 1. The third-order valence-corrected chi connectivity index (χ3v) is 5.75. The number of hydrogen-bond acceptors (Lipinski definition) is 5. The van der Waals surface area contributed by atoms with Gasteiger partial charge in [-0.3, -0.25) is 0 Å². The number of aryl methyl sites for hydroxylation is 1. The molecule has 2 heterocycles. The molecule has 1 saturated heterocycles. The zero-order chi connectivity index (χ0) is 9.80. The molecule has 0 radical (unpaired) electrons. The number of anilines is 1. The van der Waals surface area contributed by atoms with Gasteiger partial charge in [0.25, 0.3) is 0 Å². The number of aromatic nitrogens is 1. The molecular formula is C9H14N2S3. The molecule has 1 atom stereocenters. The summed E-state index contributed by atoms with van der Waals surface area (Å²) in [4.78, 5) is 4.39. The molecule has 0 spiro atoms. The standard InChI is InChI=1S/C9H14N2S3/c1-7-5-14-9(11-7)10-4-8-6-12-2-3-13-8/h5,8H,2-4,6H2,1H3,(H,10,11). The predicted molar refractivity (Wildman–Crippen MR) is 68.9 cm³/mol. The summed E-state index contributed by atoms with van der Waals surface area (Å²) in [7, 11) is 0. The molecule has 14 heavy (non-hydrogen) atoms. The highest BCUT2D eigenvalue weighted by atomic mass is 32.2. The molecule has 2 rings (SSSR count). The second-order valence-electron chi connectivity index (χ2n) is 3.24. The van der Waals surface area contributed by atoms with E-state index < -0.39 is 0 Å². The Kier molecular flexibility index (Phi) is 4.01. The maximum atomic E-state index is 4.39. The summed E-state index contributed by atoms with van der Waals surface area (Å²) in [6.45, 7) is 3.09. The minimum atomic E-state index is 0.762. The summed E-state index contributed by atoms with van der Waals surface area (Å²) in [5, 5.41) is 7.33. The van der Waals surface area contributed by atoms with E-state index in [1.807, 2.05) is 6.92 Å². The third kappa shape index (κ3) is 3.07. The molecule has 1 aromatic rings. The van der Waals surface area contributed by atoms with Crippen molar-refractivity contribution in [3.63, 3.8) is 0 Å². The Hall–Kier alpha value is 0.130. The SMILES string of the molecule is Cc1csc(NCC2CSCCS2)n1. The zero-order valence-corrected chi connectivity index (χ0v) is 10.6. The first-order valence-electron chi connectivity index (χ1n) is 4.70. The average Bonchev–Trinajstić information content (AvgIpc) is 2.63. The number of nitrogens with zero attached hydrogens (tertiary/aromatic N) is 1. The predicted octanol–water partition coefficient (Wildman–Crippen LogP) is 2.71. The number of thioether (sulfide) groups is 2. The highest BCUT2D eigenvalue weighted by Crippen LogP contribution is 2.24. The molecule has 0 aromatic carbocycles. The van der Waals surface area contributed by atoms with E-state index in [1.165, 1.54) is 17.3 Å². The molecule has 1 aromatic heterocycles. The van der Waals surface area contributed by atoms with Crippen molar-refractivity contribution in [2.45, 2.75) is 12.2 Å². The van der Waals surface area contributed by atoms with E-state index in [4.69, 9.17) is 0 Å². The number of rotatable bonds is 3. The summed E-state index contributed by atoms with van der Waals surface area (Å²) in [6, 6.07) is 0. The van der Waals surface area contributed by atoms with Crippen LogP contribution in [0.4, 0.5) is 5.13 Å². The largest absolute Gasteiger partial charge is 0.360 e. The van der Waals surface area contributed by atoms with E-state index in [0.717, 1.165) is 22.6 Å². The minimum Gasteiger partial charge on any atom is -0.360 e. The Balaban J connectivity index is 1.76. The molecular weight excluding hydrogens is 232 g/mol. The van der Waals surface area contributed by atoms with Crippen LogP contribution in [0.15, 0.2) is 5.38 Å². The number of thiazole rings is 1. The van der Waals surface area contributed by atoms with Crippen molar-refractivity contribution < 1.29 is 0 Å². The van der Waals surface area contributed by atoms with Crippen molar-refractivity contribution in [3.8, 4) is 0 Å². The molecule has 1 aliphatic rings. The lowest BCUT2D eigenvalue weighted by molar-refractivity contribution is 0.998. The Morgan fingerprint density at radius 2 is 2.50 bits per heavy atom. The van der Waals surface area contributed by atoms with E-state index in [1.54, 1.807) is 11.3 Å². The van der Waals surface area contributed by atoms with Gasteiger partial charge in [0.15, 0.2) is 5.13 Å². The smallest absolute Gasteiger partial charge is 0.182 e. The number of nitrogens with one attached hydrogen (secondary N) is 1. The highest BCUT2D eigenvalue weighted by molar-refractivity contribution is 8.06. The Labute approximate surface area is 97.3 Å². The first-order chi connectivity index (χ1) is 6.84. The van der Waals surface area contributed by atoms with Crippen LogP contribution in [-0.4, -0.2) is 34.0 Å². The van der Waals surface area contributed by atoms with Crippen molar-refractivity contribution in [2.75, 3.05) is 29.1 Å². The van der Waals surface area contributed by atoms with E-state index in [-0.39, 0.29) is 0 Å². The average molecular weight is 246 g/mol. The summed E-state index contributed by atoms with van der Waals surface area (Å²) in [6.07, 6.45) is 0. The first kappa shape index (κ1) is 10.6. The topological polar surface area (TPSA) is 24.9 Å². The van der Waals surface area contributed by atoms with E-state index in [0.29, 0.717) is 0 Å². The molecule has 2 nitrogen and oxygen atoms in total. The molecule has 5 heteroatoms. The van der Waals surface area contributed by atoms with Crippen LogP contribution in [0.25, 0.3) is 0 Å². The summed E-state index contributed by atoms with van der Waals surface area (Å²) in [5.74, 6) is 3.90. The Morgan fingerprint density at radius 1 is 1.57 bits per heavy atom. The highest BCUT2D eigenvalue weighted by Gasteiger charge is 2.14. The van der Waals surface area contributed by atoms with Crippen molar-refractivity contribution in [1.82, 2.24) is 4.98 Å². The van der Waals surface area contributed by atoms with Crippen molar-refractivity contribution >= 4 is 40.0 Å². The first-order valence-corrected chi connectivity index (χ1v) is 7.78. The van der Waals surface area contributed by atoms with Crippen molar-refractivity contribution in [1.29, 1.82) is 0 Å². The fourth-order valence-corrected chi connectivity index (χ4v) is 4.60. The quantitative estimate of drug-likeness (QED) is 0.886. The van der Waals surface area contributed by atoms with Gasteiger partial charge in [0, 0.05) is 34.4 Å². The van der Waals surface area contributed by atoms with Gasteiger partial charge in [0.1, 0.15) is 0 Å². The van der Waals surface area contributed by atoms with Gasteiger partial charge in [-0.2, -0.15) is 23.5 Å². The van der Waals surface area contributed by atoms with E-state index in [2.05, 4.69) is 39.2 Å². The monoisotopic (exact) mass is 246 g/mol. The lowest BCUT2D eigenvalue weighted by Gasteiger charge is -2.20.